The van der Waals surface area contributed by atoms with E-state index in [0.29, 0.717) is 18.6 Å². The number of carbonyl (C=O) groups is 1. The topological polar surface area (TPSA) is 78.7 Å². The van der Waals surface area contributed by atoms with Gasteiger partial charge in [0.2, 0.25) is 0 Å². The monoisotopic (exact) mass is 267 g/mol. The van der Waals surface area contributed by atoms with Gasteiger partial charge in [-0.25, -0.2) is 0 Å². The van der Waals surface area contributed by atoms with Gasteiger partial charge >= 0.3 is 0 Å². The Balaban J connectivity index is 2.96. The van der Waals surface area contributed by atoms with Crippen molar-refractivity contribution in [2.45, 2.75) is 26.2 Å². The summed E-state index contributed by atoms with van der Waals surface area (Å²) in [6.07, 6.45) is 3.43. The number of aldehydes is 1. The second-order valence-corrected chi connectivity index (χ2v) is 3.99. The molecule has 0 spiro atoms. The van der Waals surface area contributed by atoms with Crippen molar-refractivity contribution < 1.29 is 19.2 Å². The molecule has 0 saturated heterocycles. The summed E-state index contributed by atoms with van der Waals surface area (Å²) >= 11 is 0. The van der Waals surface area contributed by atoms with Crippen molar-refractivity contribution in [1.82, 2.24) is 0 Å². The number of nitro benzene ring substituents is 1. The predicted octanol–water partition coefficient (Wildman–Crippen LogP) is 2.98. The molecular weight excluding hydrogens is 250 g/mol. The number of carbonyl (C=O) groups excluding carboxylic acids is 1. The lowest BCUT2D eigenvalue weighted by molar-refractivity contribution is -0.385. The van der Waals surface area contributed by atoms with Crippen LogP contribution in [0.5, 0.6) is 11.5 Å². The van der Waals surface area contributed by atoms with E-state index in [1.165, 1.54) is 19.2 Å². The first-order valence-corrected chi connectivity index (χ1v) is 6.08. The van der Waals surface area contributed by atoms with Gasteiger partial charge < -0.3 is 9.47 Å². The molecule has 1 aromatic rings. The fraction of sp³-hybridized carbons (Fsp3) is 0.462. The summed E-state index contributed by atoms with van der Waals surface area (Å²) in [4.78, 5) is 21.1. The molecule has 0 saturated carbocycles. The van der Waals surface area contributed by atoms with Crippen LogP contribution in [0.4, 0.5) is 5.69 Å². The van der Waals surface area contributed by atoms with Crippen molar-refractivity contribution in [2.24, 2.45) is 0 Å². The van der Waals surface area contributed by atoms with E-state index in [4.69, 9.17) is 9.47 Å². The quantitative estimate of drug-likeness (QED) is 0.313. The van der Waals surface area contributed by atoms with E-state index >= 15 is 0 Å². The van der Waals surface area contributed by atoms with Crippen LogP contribution in [0.15, 0.2) is 12.1 Å². The molecule has 0 amide bonds. The Morgan fingerprint density at radius 1 is 1.32 bits per heavy atom. The normalized spacial score (nSPS) is 10.0. The number of unbranched alkanes of at least 4 members (excludes halogenated alkanes) is 2. The minimum absolute atomic E-state index is 0.0173. The second-order valence-electron chi connectivity index (χ2n) is 3.99. The number of nitrogens with zero attached hydrogens (tertiary/aromatic N) is 1. The van der Waals surface area contributed by atoms with Crippen LogP contribution in [-0.4, -0.2) is 24.9 Å². The summed E-state index contributed by atoms with van der Waals surface area (Å²) in [7, 11) is 1.40. The molecule has 0 N–H and O–H groups in total. The fourth-order valence-electron chi connectivity index (χ4n) is 1.62. The Kier molecular flexibility index (Phi) is 5.78. The van der Waals surface area contributed by atoms with E-state index in [0.717, 1.165) is 19.3 Å². The molecule has 0 aliphatic carbocycles. The average molecular weight is 267 g/mol. The van der Waals surface area contributed by atoms with Crippen molar-refractivity contribution in [1.29, 1.82) is 0 Å². The van der Waals surface area contributed by atoms with Crippen molar-refractivity contribution in [2.75, 3.05) is 13.7 Å². The van der Waals surface area contributed by atoms with Crippen LogP contribution >= 0.6 is 0 Å². The van der Waals surface area contributed by atoms with Gasteiger partial charge in [-0.3, -0.25) is 14.9 Å². The second kappa shape index (κ2) is 7.35. The summed E-state index contributed by atoms with van der Waals surface area (Å²) < 4.78 is 10.5. The minimum Gasteiger partial charge on any atom is -0.493 e. The number of ether oxygens (including phenoxy) is 2. The number of hydrogen-bond donors (Lipinski definition) is 0. The number of methoxy groups -OCH3 is 1. The molecule has 0 bridgehead atoms. The highest BCUT2D eigenvalue weighted by molar-refractivity contribution is 5.83. The van der Waals surface area contributed by atoms with E-state index in [2.05, 4.69) is 6.92 Å². The summed E-state index contributed by atoms with van der Waals surface area (Å²) in [6.45, 7) is 2.57. The Morgan fingerprint density at radius 3 is 2.58 bits per heavy atom. The molecule has 104 valence electrons. The molecule has 0 heterocycles. The van der Waals surface area contributed by atoms with E-state index in [-0.39, 0.29) is 17.0 Å². The van der Waals surface area contributed by atoms with Gasteiger partial charge in [-0.05, 0) is 6.42 Å². The van der Waals surface area contributed by atoms with Gasteiger partial charge in [0.25, 0.3) is 5.69 Å². The number of nitro groups is 1. The SMILES string of the molecule is CCCCCOc1cc(C=O)c([N+](=O)[O-])cc1OC. The van der Waals surface area contributed by atoms with Gasteiger partial charge in [-0.15, -0.1) is 0 Å². The molecule has 1 aromatic carbocycles. The molecule has 1 rings (SSSR count). The lowest BCUT2D eigenvalue weighted by Crippen LogP contribution is -2.02. The minimum atomic E-state index is -0.618. The maximum Gasteiger partial charge on any atom is 0.283 e. The number of hydrogen-bond acceptors (Lipinski definition) is 5. The highest BCUT2D eigenvalue weighted by Gasteiger charge is 2.19. The molecule has 0 radical (unpaired) electrons. The Morgan fingerprint density at radius 2 is 2.05 bits per heavy atom. The third-order valence-electron chi connectivity index (χ3n) is 2.64. The van der Waals surface area contributed by atoms with Crippen molar-refractivity contribution in [3.8, 4) is 11.5 Å². The van der Waals surface area contributed by atoms with Gasteiger partial charge in [-0.1, -0.05) is 19.8 Å². The summed E-state index contributed by atoms with van der Waals surface area (Å²) in [5.74, 6) is 0.611. The Bertz CT molecular complexity index is 459. The van der Waals surface area contributed by atoms with Gasteiger partial charge in [0.05, 0.1) is 30.3 Å². The zero-order chi connectivity index (χ0) is 14.3. The fourth-order valence-corrected chi connectivity index (χ4v) is 1.62. The average Bonchev–Trinajstić information content (AvgIpc) is 2.42. The van der Waals surface area contributed by atoms with Crippen molar-refractivity contribution in [3.63, 3.8) is 0 Å². The molecule has 6 nitrogen and oxygen atoms in total. The highest BCUT2D eigenvalue weighted by Crippen LogP contribution is 2.34. The van der Waals surface area contributed by atoms with Crippen LogP contribution in [0.2, 0.25) is 0 Å². The first kappa shape index (κ1) is 14.9. The van der Waals surface area contributed by atoms with Crippen LogP contribution in [-0.2, 0) is 0 Å². The molecule has 0 aliphatic heterocycles. The summed E-state index contributed by atoms with van der Waals surface area (Å²) in [5, 5.41) is 10.8. The van der Waals surface area contributed by atoms with E-state index < -0.39 is 4.92 Å². The number of rotatable bonds is 8. The van der Waals surface area contributed by atoms with E-state index in [1.807, 2.05) is 0 Å². The van der Waals surface area contributed by atoms with Crippen LogP contribution in [0, 0.1) is 10.1 Å². The molecule has 6 heteroatoms. The maximum atomic E-state index is 10.9. The first-order valence-electron chi connectivity index (χ1n) is 6.08. The van der Waals surface area contributed by atoms with E-state index in [9.17, 15) is 14.9 Å². The lowest BCUT2D eigenvalue weighted by Gasteiger charge is -2.11. The molecule has 0 atom stereocenters. The third kappa shape index (κ3) is 3.94. The number of benzene rings is 1. The predicted molar refractivity (Wildman–Crippen MR) is 70.1 cm³/mol. The third-order valence-corrected chi connectivity index (χ3v) is 2.64. The Labute approximate surface area is 111 Å². The first-order chi connectivity index (χ1) is 9.13. The van der Waals surface area contributed by atoms with Gasteiger partial charge in [0.15, 0.2) is 17.8 Å². The van der Waals surface area contributed by atoms with Crippen molar-refractivity contribution in [3.05, 3.63) is 27.8 Å². The van der Waals surface area contributed by atoms with Gasteiger partial charge in [0, 0.05) is 6.07 Å². The van der Waals surface area contributed by atoms with Crippen LogP contribution in [0.25, 0.3) is 0 Å². The van der Waals surface area contributed by atoms with Crippen molar-refractivity contribution >= 4 is 12.0 Å². The maximum absolute atomic E-state index is 10.9. The summed E-state index contributed by atoms with van der Waals surface area (Å²) in [5.41, 5.74) is -0.302. The van der Waals surface area contributed by atoms with Crippen LogP contribution in [0.1, 0.15) is 36.5 Å². The molecule has 19 heavy (non-hydrogen) atoms. The van der Waals surface area contributed by atoms with Crippen LogP contribution in [0.3, 0.4) is 0 Å². The highest BCUT2D eigenvalue weighted by atomic mass is 16.6. The standard InChI is InChI=1S/C13H17NO5/c1-3-4-5-6-19-13-7-10(9-15)11(14(16)17)8-12(13)18-2/h7-9H,3-6H2,1-2H3. The molecular formula is C13H17NO5. The summed E-state index contributed by atoms with van der Waals surface area (Å²) in [6, 6.07) is 2.55. The zero-order valence-electron chi connectivity index (χ0n) is 11.0. The van der Waals surface area contributed by atoms with Gasteiger partial charge in [0.1, 0.15) is 0 Å². The van der Waals surface area contributed by atoms with E-state index in [1.54, 1.807) is 0 Å². The molecule has 0 unspecified atom stereocenters. The largest absolute Gasteiger partial charge is 0.493 e. The molecule has 0 aliphatic rings. The van der Waals surface area contributed by atoms with Crippen LogP contribution < -0.4 is 9.47 Å². The smallest absolute Gasteiger partial charge is 0.283 e. The Hall–Kier alpha value is -2.11. The molecule has 0 aromatic heterocycles. The van der Waals surface area contributed by atoms with Gasteiger partial charge in [-0.2, -0.15) is 0 Å². The lowest BCUT2D eigenvalue weighted by atomic mass is 10.1. The zero-order valence-corrected chi connectivity index (χ0v) is 11.0. The molecule has 0 fully saturated rings.